The van der Waals surface area contributed by atoms with Crippen LogP contribution in [0.2, 0.25) is 0 Å². The second kappa shape index (κ2) is 8.80. The molecule has 0 radical (unpaired) electrons. The molecular formula is C9H17F2NaO3S. The Hall–Kier alpha value is 0.770. The summed E-state index contributed by atoms with van der Waals surface area (Å²) in [5.41, 5.74) is 0. The van der Waals surface area contributed by atoms with Gasteiger partial charge in [0.05, 0.1) is 0 Å². The summed E-state index contributed by atoms with van der Waals surface area (Å²) in [4.78, 5) is 0. The van der Waals surface area contributed by atoms with Crippen molar-refractivity contribution in [2.45, 2.75) is 57.1 Å². The van der Waals surface area contributed by atoms with E-state index in [1.165, 1.54) is 0 Å². The first-order chi connectivity index (χ1) is 6.81. The molecule has 92 valence electrons. The van der Waals surface area contributed by atoms with Gasteiger partial charge in [0.15, 0.2) is 10.1 Å². The molecule has 0 aromatic heterocycles. The minimum Gasteiger partial charge on any atom is -0.743 e. The van der Waals surface area contributed by atoms with Gasteiger partial charge in [-0.25, -0.2) is 8.42 Å². The minimum absolute atomic E-state index is 0. The van der Waals surface area contributed by atoms with Crippen LogP contribution in [-0.4, -0.2) is 18.2 Å². The molecule has 0 aliphatic rings. The number of alkyl halides is 2. The van der Waals surface area contributed by atoms with Gasteiger partial charge < -0.3 is 4.55 Å². The average molecular weight is 266 g/mol. The summed E-state index contributed by atoms with van der Waals surface area (Å²) < 4.78 is 55.6. The van der Waals surface area contributed by atoms with Crippen LogP contribution in [0.5, 0.6) is 0 Å². The first-order valence-electron chi connectivity index (χ1n) is 5.14. The zero-order valence-electron chi connectivity index (χ0n) is 9.84. The van der Waals surface area contributed by atoms with E-state index in [0.29, 0.717) is 6.42 Å². The van der Waals surface area contributed by atoms with Gasteiger partial charge in [-0.1, -0.05) is 39.0 Å². The molecule has 0 aromatic carbocycles. The number of hydrogen-bond acceptors (Lipinski definition) is 3. The molecule has 3 nitrogen and oxygen atoms in total. The van der Waals surface area contributed by atoms with E-state index in [4.69, 9.17) is 0 Å². The van der Waals surface area contributed by atoms with E-state index in [-0.39, 0.29) is 36.0 Å². The van der Waals surface area contributed by atoms with Crippen LogP contribution >= 0.6 is 0 Å². The van der Waals surface area contributed by atoms with Gasteiger partial charge in [-0.05, 0) is 6.42 Å². The van der Waals surface area contributed by atoms with Crippen LogP contribution in [0.15, 0.2) is 0 Å². The van der Waals surface area contributed by atoms with E-state index in [2.05, 4.69) is 0 Å². The van der Waals surface area contributed by atoms with E-state index >= 15 is 0 Å². The Labute approximate surface area is 118 Å². The van der Waals surface area contributed by atoms with Crippen LogP contribution in [0.1, 0.15) is 51.9 Å². The van der Waals surface area contributed by atoms with Crippen molar-refractivity contribution in [1.82, 2.24) is 0 Å². The molecule has 0 aromatic rings. The second-order valence-electron chi connectivity index (χ2n) is 3.61. The van der Waals surface area contributed by atoms with Crippen LogP contribution in [-0.2, 0) is 10.1 Å². The van der Waals surface area contributed by atoms with Crippen molar-refractivity contribution in [3.63, 3.8) is 0 Å². The van der Waals surface area contributed by atoms with Crippen molar-refractivity contribution in [1.29, 1.82) is 0 Å². The number of hydrogen-bond donors (Lipinski definition) is 0. The Balaban J connectivity index is 0. The van der Waals surface area contributed by atoms with E-state index in [9.17, 15) is 21.8 Å². The fourth-order valence-electron chi connectivity index (χ4n) is 1.24. The first-order valence-corrected chi connectivity index (χ1v) is 6.55. The van der Waals surface area contributed by atoms with Gasteiger partial charge in [-0.15, -0.1) is 0 Å². The maximum absolute atomic E-state index is 12.6. The Kier molecular flexibility index (Phi) is 10.5. The number of halogens is 2. The zero-order valence-corrected chi connectivity index (χ0v) is 12.7. The van der Waals surface area contributed by atoms with Gasteiger partial charge in [-0.2, -0.15) is 8.78 Å². The molecule has 7 heteroatoms. The predicted molar refractivity (Wildman–Crippen MR) is 52.6 cm³/mol. The molecule has 0 atom stereocenters. The summed E-state index contributed by atoms with van der Waals surface area (Å²) >= 11 is 0. The van der Waals surface area contributed by atoms with Crippen LogP contribution in [0.4, 0.5) is 8.78 Å². The largest absolute Gasteiger partial charge is 1.00 e. The van der Waals surface area contributed by atoms with Crippen molar-refractivity contribution >= 4 is 10.1 Å². The second-order valence-corrected chi connectivity index (χ2v) is 5.11. The molecule has 0 aliphatic heterocycles. The van der Waals surface area contributed by atoms with Gasteiger partial charge in [0.1, 0.15) is 0 Å². The Morgan fingerprint density at radius 2 is 1.50 bits per heavy atom. The molecule has 0 spiro atoms. The summed E-state index contributed by atoms with van der Waals surface area (Å²) in [5, 5.41) is -4.10. The molecule has 0 saturated heterocycles. The van der Waals surface area contributed by atoms with Crippen LogP contribution in [0.3, 0.4) is 0 Å². The molecule has 0 N–H and O–H groups in total. The molecule has 16 heavy (non-hydrogen) atoms. The third-order valence-electron chi connectivity index (χ3n) is 2.19. The summed E-state index contributed by atoms with van der Waals surface area (Å²) in [6, 6.07) is 0. The molecular weight excluding hydrogens is 249 g/mol. The maximum atomic E-state index is 12.6. The van der Waals surface area contributed by atoms with Gasteiger partial charge in [0, 0.05) is 6.42 Å². The van der Waals surface area contributed by atoms with Crippen molar-refractivity contribution in [2.75, 3.05) is 0 Å². The fourth-order valence-corrected chi connectivity index (χ4v) is 1.63. The van der Waals surface area contributed by atoms with Gasteiger partial charge in [0.25, 0.3) is 0 Å². The molecule has 0 aliphatic carbocycles. The third-order valence-corrected chi connectivity index (χ3v) is 3.12. The molecule has 0 saturated carbocycles. The monoisotopic (exact) mass is 266 g/mol. The maximum Gasteiger partial charge on any atom is 1.00 e. The molecule has 0 heterocycles. The van der Waals surface area contributed by atoms with Gasteiger partial charge >= 0.3 is 34.8 Å². The van der Waals surface area contributed by atoms with Crippen LogP contribution in [0.25, 0.3) is 0 Å². The molecule has 0 rings (SSSR count). The number of rotatable bonds is 8. The van der Waals surface area contributed by atoms with E-state index < -0.39 is 21.8 Å². The zero-order chi connectivity index (χ0) is 11.9. The quantitative estimate of drug-likeness (QED) is 0.349. The van der Waals surface area contributed by atoms with Crippen molar-refractivity contribution in [2.24, 2.45) is 0 Å². The van der Waals surface area contributed by atoms with Crippen LogP contribution in [0, 0.1) is 0 Å². The summed E-state index contributed by atoms with van der Waals surface area (Å²) in [6.07, 6.45) is 3.66. The van der Waals surface area contributed by atoms with Gasteiger partial charge in [0.2, 0.25) is 0 Å². The average Bonchev–Trinajstić information content (AvgIpc) is 2.09. The molecule has 0 bridgehead atoms. The fraction of sp³-hybridized carbons (Fsp3) is 1.00. The summed E-state index contributed by atoms with van der Waals surface area (Å²) in [7, 11) is -5.48. The molecule has 0 unspecified atom stereocenters. The van der Waals surface area contributed by atoms with Gasteiger partial charge in [-0.3, -0.25) is 0 Å². The van der Waals surface area contributed by atoms with E-state index in [1.807, 2.05) is 6.92 Å². The van der Waals surface area contributed by atoms with E-state index in [0.717, 1.165) is 25.7 Å². The topological polar surface area (TPSA) is 57.2 Å². The van der Waals surface area contributed by atoms with E-state index in [1.54, 1.807) is 0 Å². The normalized spacial score (nSPS) is 12.2. The predicted octanol–water partition coefficient (Wildman–Crippen LogP) is -0.121. The Morgan fingerprint density at radius 3 is 1.94 bits per heavy atom. The molecule has 0 fully saturated rings. The summed E-state index contributed by atoms with van der Waals surface area (Å²) in [6.45, 7) is 2.04. The van der Waals surface area contributed by atoms with Crippen molar-refractivity contribution < 1.29 is 51.3 Å². The Morgan fingerprint density at radius 1 is 1.06 bits per heavy atom. The summed E-state index contributed by atoms with van der Waals surface area (Å²) in [5.74, 6) is 0. The third kappa shape index (κ3) is 7.95. The first kappa shape index (κ1) is 19.1. The smallest absolute Gasteiger partial charge is 0.743 e. The molecule has 0 amide bonds. The van der Waals surface area contributed by atoms with Crippen LogP contribution < -0.4 is 29.6 Å². The SMILES string of the molecule is CCCCCCCCC(F)(F)S(=O)(=O)[O-].[Na+]. The standard InChI is InChI=1S/C9H18F2O3S.Na/c1-2-3-4-5-6-7-8-9(10,11)15(12,13)14;/h2-8H2,1H3,(H,12,13,14);/q;+1/p-1. The Bertz CT molecular complexity index is 268. The van der Waals surface area contributed by atoms with Crippen molar-refractivity contribution in [3.05, 3.63) is 0 Å². The minimum atomic E-state index is -5.48. The van der Waals surface area contributed by atoms with Crippen molar-refractivity contribution in [3.8, 4) is 0 Å². The number of unbranched alkanes of at least 4 members (excludes halogenated alkanes) is 5.